The Bertz CT molecular complexity index is 942. The van der Waals surface area contributed by atoms with Crippen molar-refractivity contribution in [1.82, 2.24) is 0 Å². The van der Waals surface area contributed by atoms with Crippen molar-refractivity contribution >= 4 is 11.9 Å². The topological polar surface area (TPSA) is 80.3 Å². The fourth-order valence-electron chi connectivity index (χ4n) is 3.92. The van der Waals surface area contributed by atoms with E-state index in [1.165, 1.54) is 12.8 Å². The number of rotatable bonds is 14. The minimum atomic E-state index is -1.17. The molecule has 2 atom stereocenters. The lowest BCUT2D eigenvalue weighted by Gasteiger charge is -2.13. The van der Waals surface area contributed by atoms with Crippen LogP contribution in [0.1, 0.15) is 57.8 Å². The summed E-state index contributed by atoms with van der Waals surface area (Å²) in [5.74, 6) is -0.446. The van der Waals surface area contributed by atoms with Gasteiger partial charge >= 0.3 is 11.9 Å². The van der Waals surface area contributed by atoms with Gasteiger partial charge in [0.1, 0.15) is 5.75 Å². The monoisotopic (exact) mass is 496 g/mol. The highest BCUT2D eigenvalue weighted by atomic mass is 16.8. The summed E-state index contributed by atoms with van der Waals surface area (Å²) in [6.45, 7) is 8.19. The molecule has 0 amide bonds. The molecule has 0 radical (unpaired) electrons. The minimum absolute atomic E-state index is 0.174. The van der Waals surface area contributed by atoms with Crippen LogP contribution in [0.3, 0.4) is 0 Å². The molecule has 0 N–H and O–H groups in total. The summed E-state index contributed by atoms with van der Waals surface area (Å²) in [5.41, 5.74) is 2.74. The van der Waals surface area contributed by atoms with E-state index < -0.39 is 30.4 Å². The van der Waals surface area contributed by atoms with E-state index in [0.29, 0.717) is 12.2 Å². The molecule has 1 aliphatic heterocycles. The van der Waals surface area contributed by atoms with Crippen molar-refractivity contribution in [3.05, 3.63) is 66.7 Å². The fourth-order valence-corrected chi connectivity index (χ4v) is 3.92. The van der Waals surface area contributed by atoms with E-state index in [1.807, 2.05) is 54.6 Å². The Labute approximate surface area is 213 Å². The van der Waals surface area contributed by atoms with Crippen LogP contribution in [0, 0.1) is 0 Å². The van der Waals surface area contributed by atoms with Gasteiger partial charge in [0.05, 0.1) is 19.8 Å². The largest absolute Gasteiger partial charge is 0.494 e. The molecule has 0 spiro atoms. The lowest BCUT2D eigenvalue weighted by Crippen LogP contribution is -2.39. The molecule has 0 aliphatic carbocycles. The Kier molecular flexibility index (Phi) is 11.0. The van der Waals surface area contributed by atoms with Gasteiger partial charge in [-0.3, -0.25) is 0 Å². The summed E-state index contributed by atoms with van der Waals surface area (Å²) >= 11 is 0. The van der Waals surface area contributed by atoms with E-state index in [-0.39, 0.29) is 13.2 Å². The highest BCUT2D eigenvalue weighted by molar-refractivity contribution is 5.86. The number of carbonyl (C=O) groups is 2. The zero-order chi connectivity index (χ0) is 25.8. The molecule has 0 unspecified atom stereocenters. The van der Waals surface area contributed by atoms with Gasteiger partial charge in [-0.25, -0.2) is 9.59 Å². The first-order valence-corrected chi connectivity index (χ1v) is 12.7. The van der Waals surface area contributed by atoms with Gasteiger partial charge in [-0.2, -0.15) is 0 Å². The van der Waals surface area contributed by atoms with Crippen molar-refractivity contribution < 1.29 is 33.3 Å². The minimum Gasteiger partial charge on any atom is -0.494 e. The zero-order valence-electron chi connectivity index (χ0n) is 21.1. The molecule has 2 aromatic carbocycles. The van der Waals surface area contributed by atoms with Crippen LogP contribution in [-0.2, 0) is 28.5 Å². The number of benzene rings is 2. The number of hydrogen-bond acceptors (Lipinski definition) is 7. The summed E-state index contributed by atoms with van der Waals surface area (Å²) in [6, 6.07) is 15.6. The second-order valence-corrected chi connectivity index (χ2v) is 8.44. The van der Waals surface area contributed by atoms with Crippen LogP contribution < -0.4 is 4.74 Å². The second-order valence-electron chi connectivity index (χ2n) is 8.44. The van der Waals surface area contributed by atoms with Gasteiger partial charge in [-0.1, -0.05) is 55.3 Å². The zero-order valence-corrected chi connectivity index (χ0v) is 21.1. The van der Waals surface area contributed by atoms with Crippen LogP contribution >= 0.6 is 0 Å². The Morgan fingerprint density at radius 1 is 0.806 bits per heavy atom. The molecular weight excluding hydrogens is 460 g/mol. The lowest BCUT2D eigenvalue weighted by molar-refractivity contribution is -0.163. The van der Waals surface area contributed by atoms with Gasteiger partial charge in [0.15, 0.2) is 18.5 Å². The molecule has 194 valence electrons. The molecule has 1 fully saturated rings. The number of esters is 2. The van der Waals surface area contributed by atoms with Gasteiger partial charge < -0.3 is 23.7 Å². The van der Waals surface area contributed by atoms with Crippen molar-refractivity contribution in [2.45, 2.75) is 64.4 Å². The molecule has 0 saturated carbocycles. The molecule has 3 rings (SSSR count). The van der Waals surface area contributed by atoms with Crippen LogP contribution in [0.2, 0.25) is 0 Å². The number of allylic oxidation sites excluding steroid dienone is 1. The van der Waals surface area contributed by atoms with E-state index >= 15 is 0 Å². The molecule has 7 nitrogen and oxygen atoms in total. The first-order valence-electron chi connectivity index (χ1n) is 12.7. The Balaban J connectivity index is 1.57. The quantitative estimate of drug-likeness (QED) is 0.186. The van der Waals surface area contributed by atoms with Crippen molar-refractivity contribution in [3.63, 3.8) is 0 Å². The average Bonchev–Trinajstić information content (AvgIpc) is 3.35. The summed E-state index contributed by atoms with van der Waals surface area (Å²) < 4.78 is 27.5. The predicted molar refractivity (Wildman–Crippen MR) is 136 cm³/mol. The van der Waals surface area contributed by atoms with Crippen molar-refractivity contribution in [3.8, 4) is 16.9 Å². The number of unbranched alkanes of at least 4 members (excludes halogenated alkanes) is 4. The second kappa shape index (κ2) is 14.4. The molecule has 0 bridgehead atoms. The van der Waals surface area contributed by atoms with Crippen molar-refractivity contribution in [2.75, 3.05) is 19.8 Å². The Morgan fingerprint density at radius 3 is 1.86 bits per heavy atom. The first-order chi connectivity index (χ1) is 17.6. The molecule has 1 saturated heterocycles. The molecule has 36 heavy (non-hydrogen) atoms. The number of hydrogen-bond donors (Lipinski definition) is 0. The van der Waals surface area contributed by atoms with E-state index in [0.717, 1.165) is 36.1 Å². The summed E-state index contributed by atoms with van der Waals surface area (Å²) in [4.78, 5) is 24.6. The van der Waals surface area contributed by atoms with Gasteiger partial charge in [0, 0.05) is 5.56 Å². The molecule has 0 aromatic heterocycles. The standard InChI is InChI=1S/C29H36O7/c1-4-7-8-9-10-11-20-34-24-18-16-22(17-19-24)21-12-14-23(15-13-21)29-35-25(27(30)32-5-2)26(36-29)28(31)33-6-3/h4,12-19,25-26,29H,1,5-11,20H2,2-3H3/t25-,26-/m1/s1. The van der Waals surface area contributed by atoms with Crippen LogP contribution in [0.5, 0.6) is 5.75 Å². The molecule has 1 aliphatic rings. The van der Waals surface area contributed by atoms with E-state index in [2.05, 4.69) is 6.58 Å². The van der Waals surface area contributed by atoms with Gasteiger partial charge in [-0.05, 0) is 56.4 Å². The summed E-state index contributed by atoms with van der Waals surface area (Å²) in [5, 5.41) is 0. The third-order valence-corrected chi connectivity index (χ3v) is 5.80. The molecule has 7 heteroatoms. The van der Waals surface area contributed by atoms with Gasteiger partial charge in [0.25, 0.3) is 0 Å². The lowest BCUT2D eigenvalue weighted by atomic mass is 10.0. The predicted octanol–water partition coefficient (Wildman–Crippen LogP) is 5.78. The van der Waals surface area contributed by atoms with Gasteiger partial charge in [-0.15, -0.1) is 6.58 Å². The highest BCUT2D eigenvalue weighted by Crippen LogP contribution is 2.34. The van der Waals surface area contributed by atoms with E-state index in [1.54, 1.807) is 13.8 Å². The summed E-state index contributed by atoms with van der Waals surface area (Å²) in [6.07, 6.45) is 4.41. The van der Waals surface area contributed by atoms with Crippen molar-refractivity contribution in [2.24, 2.45) is 0 Å². The van der Waals surface area contributed by atoms with Crippen LogP contribution in [-0.4, -0.2) is 44.0 Å². The van der Waals surface area contributed by atoms with E-state index in [4.69, 9.17) is 23.7 Å². The number of ether oxygens (including phenoxy) is 5. The van der Waals surface area contributed by atoms with Crippen LogP contribution in [0.25, 0.3) is 11.1 Å². The number of carbonyl (C=O) groups excluding carboxylic acids is 2. The smallest absolute Gasteiger partial charge is 0.338 e. The molecule has 1 heterocycles. The third kappa shape index (κ3) is 7.67. The average molecular weight is 497 g/mol. The Hall–Kier alpha value is -3.16. The molecule has 2 aromatic rings. The SMILES string of the molecule is C=CCCCCCCOc1ccc(-c2ccc(C3O[C@@H](C(=O)OCC)[C@H](C(=O)OCC)O3)cc2)cc1. The maximum absolute atomic E-state index is 12.3. The summed E-state index contributed by atoms with van der Waals surface area (Å²) in [7, 11) is 0. The molecular formula is C29H36O7. The Morgan fingerprint density at radius 2 is 1.33 bits per heavy atom. The van der Waals surface area contributed by atoms with Crippen LogP contribution in [0.4, 0.5) is 0 Å². The fraction of sp³-hybridized carbons (Fsp3) is 0.448. The van der Waals surface area contributed by atoms with E-state index in [9.17, 15) is 9.59 Å². The van der Waals surface area contributed by atoms with Crippen molar-refractivity contribution in [1.29, 1.82) is 0 Å². The third-order valence-electron chi connectivity index (χ3n) is 5.80. The van der Waals surface area contributed by atoms with Crippen LogP contribution in [0.15, 0.2) is 61.2 Å². The first kappa shape index (κ1) is 27.4. The van der Waals surface area contributed by atoms with Gasteiger partial charge in [0.2, 0.25) is 0 Å². The maximum Gasteiger partial charge on any atom is 0.338 e. The highest BCUT2D eigenvalue weighted by Gasteiger charge is 2.47. The maximum atomic E-state index is 12.3. The normalized spacial score (nSPS) is 17.5.